The average molecular weight is 279 g/mol. The van der Waals surface area contributed by atoms with Gasteiger partial charge in [0.05, 0.1) is 12.4 Å². The van der Waals surface area contributed by atoms with E-state index < -0.39 is 0 Å². The molecule has 7 heteroatoms. The van der Waals surface area contributed by atoms with Crippen LogP contribution >= 0.6 is 0 Å². The van der Waals surface area contributed by atoms with Crippen molar-refractivity contribution in [1.82, 2.24) is 29.5 Å². The van der Waals surface area contributed by atoms with E-state index in [0.717, 1.165) is 11.1 Å². The zero-order chi connectivity index (χ0) is 14.2. The molecule has 0 spiro atoms. The topological polar surface area (TPSA) is 97.8 Å². The van der Waals surface area contributed by atoms with Gasteiger partial charge >= 0.3 is 0 Å². The fourth-order valence-electron chi connectivity index (χ4n) is 2.46. The molecule has 0 radical (unpaired) electrons. The summed E-state index contributed by atoms with van der Waals surface area (Å²) in [6, 6.07) is 9.84. The lowest BCUT2D eigenvalue weighted by molar-refractivity contribution is 0.656. The molecule has 0 aliphatic rings. The Labute approximate surface area is 119 Å². The molecule has 0 bridgehead atoms. The van der Waals surface area contributed by atoms with Gasteiger partial charge < -0.3 is 10.7 Å². The summed E-state index contributed by atoms with van der Waals surface area (Å²) in [4.78, 5) is 11.4. The van der Waals surface area contributed by atoms with Gasteiger partial charge in [0.2, 0.25) is 0 Å². The number of benzene rings is 1. The number of nitrogens with zero attached hydrogens (tertiary/aromatic N) is 5. The van der Waals surface area contributed by atoms with Gasteiger partial charge in [-0.25, -0.2) is 9.97 Å². The first-order valence-corrected chi connectivity index (χ1v) is 6.65. The van der Waals surface area contributed by atoms with Gasteiger partial charge in [0.25, 0.3) is 0 Å². The third-order valence-corrected chi connectivity index (χ3v) is 3.49. The zero-order valence-electron chi connectivity index (χ0n) is 11.1. The van der Waals surface area contributed by atoms with Crippen LogP contribution in [0.5, 0.6) is 0 Å². The maximum Gasteiger partial charge on any atom is 0.189 e. The van der Waals surface area contributed by atoms with Gasteiger partial charge in [0, 0.05) is 0 Å². The molecule has 0 aliphatic heterocycles. The summed E-state index contributed by atoms with van der Waals surface area (Å²) in [5, 5.41) is 8.42. The van der Waals surface area contributed by atoms with Gasteiger partial charge in [-0.1, -0.05) is 30.3 Å². The Bertz CT molecular complexity index is 893. The first-order chi connectivity index (χ1) is 10.3. The molecule has 1 unspecified atom stereocenters. The number of imidazole rings is 1. The van der Waals surface area contributed by atoms with Crippen LogP contribution in [0.3, 0.4) is 0 Å². The van der Waals surface area contributed by atoms with Crippen molar-refractivity contribution in [3.05, 3.63) is 54.4 Å². The molecule has 0 fully saturated rings. The van der Waals surface area contributed by atoms with Crippen molar-refractivity contribution >= 4 is 16.8 Å². The molecular weight excluding hydrogens is 266 g/mol. The highest BCUT2D eigenvalue weighted by Crippen LogP contribution is 2.18. The Balaban J connectivity index is 1.76. The van der Waals surface area contributed by atoms with Crippen molar-refractivity contribution in [3.63, 3.8) is 0 Å². The van der Waals surface area contributed by atoms with Crippen LogP contribution in [0.25, 0.3) is 16.8 Å². The number of hydrogen-bond donors (Lipinski definition) is 2. The molecule has 0 saturated carbocycles. The minimum Gasteiger partial charge on any atom is -0.340 e. The molecule has 0 saturated heterocycles. The van der Waals surface area contributed by atoms with Crippen LogP contribution in [0.1, 0.15) is 17.4 Å². The Morgan fingerprint density at radius 3 is 2.86 bits per heavy atom. The third kappa shape index (κ3) is 1.95. The maximum absolute atomic E-state index is 6.28. The highest BCUT2D eigenvalue weighted by atomic mass is 15.3. The van der Waals surface area contributed by atoms with Gasteiger partial charge in [-0.05, 0) is 12.0 Å². The van der Waals surface area contributed by atoms with Crippen LogP contribution in [0.2, 0.25) is 0 Å². The number of rotatable bonds is 3. The molecule has 0 aliphatic carbocycles. The molecule has 3 aromatic heterocycles. The monoisotopic (exact) mass is 279 g/mol. The van der Waals surface area contributed by atoms with E-state index in [1.165, 1.54) is 0 Å². The van der Waals surface area contributed by atoms with Crippen molar-refractivity contribution in [1.29, 1.82) is 0 Å². The molecule has 1 atom stereocenters. The number of nitrogens with two attached hydrogens (primary N) is 1. The Kier molecular flexibility index (Phi) is 2.65. The number of aromatic amines is 1. The van der Waals surface area contributed by atoms with E-state index >= 15 is 0 Å². The summed E-state index contributed by atoms with van der Waals surface area (Å²) >= 11 is 0. The van der Waals surface area contributed by atoms with Crippen molar-refractivity contribution in [2.45, 2.75) is 12.5 Å². The van der Waals surface area contributed by atoms with E-state index in [2.05, 4.69) is 37.3 Å². The first kappa shape index (κ1) is 12.0. The Morgan fingerprint density at radius 2 is 2.00 bits per heavy atom. The van der Waals surface area contributed by atoms with Gasteiger partial charge in [-0.15, -0.1) is 10.2 Å². The Hall–Kier alpha value is -2.80. The van der Waals surface area contributed by atoms with E-state index in [4.69, 9.17) is 5.73 Å². The third-order valence-electron chi connectivity index (χ3n) is 3.49. The van der Waals surface area contributed by atoms with Gasteiger partial charge in [-0.3, -0.25) is 4.40 Å². The van der Waals surface area contributed by atoms with Crippen molar-refractivity contribution in [2.75, 3.05) is 0 Å². The number of aromatic nitrogens is 6. The largest absolute Gasteiger partial charge is 0.340 e. The quantitative estimate of drug-likeness (QED) is 0.588. The summed E-state index contributed by atoms with van der Waals surface area (Å²) in [5.41, 5.74) is 9.52. The lowest BCUT2D eigenvalue weighted by atomic mass is 10.1. The average Bonchev–Trinajstić information content (AvgIpc) is 3.14. The van der Waals surface area contributed by atoms with Crippen LogP contribution in [-0.2, 0) is 6.42 Å². The zero-order valence-corrected chi connectivity index (χ0v) is 11.1. The molecule has 4 rings (SSSR count). The fraction of sp³-hybridized carbons (Fsp3) is 0.143. The summed E-state index contributed by atoms with van der Waals surface area (Å²) in [6.45, 7) is 0. The summed E-state index contributed by atoms with van der Waals surface area (Å²) in [6.07, 6.45) is 3.96. The van der Waals surface area contributed by atoms with Gasteiger partial charge in [-0.2, -0.15) is 0 Å². The number of hydrogen-bond acceptors (Lipinski definition) is 5. The summed E-state index contributed by atoms with van der Waals surface area (Å²) in [5.74, 6) is 0.692. The lowest BCUT2D eigenvalue weighted by Gasteiger charge is -2.09. The second-order valence-electron chi connectivity index (χ2n) is 4.89. The Morgan fingerprint density at radius 1 is 1.14 bits per heavy atom. The lowest BCUT2D eigenvalue weighted by Crippen LogP contribution is -2.17. The van der Waals surface area contributed by atoms with Crippen LogP contribution in [0.15, 0.2) is 43.0 Å². The normalized spacial score (nSPS) is 13.0. The predicted molar refractivity (Wildman–Crippen MR) is 77.5 cm³/mol. The van der Waals surface area contributed by atoms with Crippen molar-refractivity contribution in [3.8, 4) is 0 Å². The number of nitrogens with one attached hydrogen (secondary N) is 1. The number of fused-ring (bicyclic) bond motifs is 3. The SMILES string of the molecule is NC(Cc1ccccc1)c1nnc2c3[nH]cnc3ncn12. The van der Waals surface area contributed by atoms with E-state index in [0.29, 0.717) is 23.5 Å². The second kappa shape index (κ2) is 4.64. The smallest absolute Gasteiger partial charge is 0.189 e. The molecular formula is C14H13N7. The van der Waals surface area contributed by atoms with Crippen LogP contribution < -0.4 is 5.73 Å². The van der Waals surface area contributed by atoms with E-state index in [-0.39, 0.29) is 6.04 Å². The highest BCUT2D eigenvalue weighted by Gasteiger charge is 2.17. The van der Waals surface area contributed by atoms with Crippen LogP contribution in [0, 0.1) is 0 Å². The molecule has 104 valence electrons. The predicted octanol–water partition coefficient (Wildman–Crippen LogP) is 1.24. The fourth-order valence-corrected chi connectivity index (χ4v) is 2.46. The molecule has 21 heavy (non-hydrogen) atoms. The molecule has 1 aromatic carbocycles. The van der Waals surface area contributed by atoms with Gasteiger partial charge in [0.15, 0.2) is 17.1 Å². The van der Waals surface area contributed by atoms with Crippen LogP contribution in [0.4, 0.5) is 0 Å². The standard InChI is InChI=1S/C14H13N7/c15-10(6-9-4-2-1-3-5-9)13-19-20-14-11-12(17-7-16-11)18-8-21(13)14/h1-5,7-8,10H,6,15H2,(H,16,17). The van der Waals surface area contributed by atoms with E-state index in [9.17, 15) is 0 Å². The highest BCUT2D eigenvalue weighted by molar-refractivity contribution is 5.84. The summed E-state index contributed by atoms with van der Waals surface area (Å²) < 4.78 is 1.81. The van der Waals surface area contributed by atoms with E-state index in [1.807, 2.05) is 22.6 Å². The number of H-pyrrole nitrogens is 1. The minimum absolute atomic E-state index is 0.246. The van der Waals surface area contributed by atoms with Crippen molar-refractivity contribution in [2.24, 2.45) is 5.73 Å². The molecule has 4 aromatic rings. The second-order valence-corrected chi connectivity index (χ2v) is 4.89. The molecule has 3 N–H and O–H groups in total. The van der Waals surface area contributed by atoms with Crippen LogP contribution in [-0.4, -0.2) is 29.5 Å². The molecule has 0 amide bonds. The summed E-state index contributed by atoms with van der Waals surface area (Å²) in [7, 11) is 0. The van der Waals surface area contributed by atoms with E-state index in [1.54, 1.807) is 12.7 Å². The minimum atomic E-state index is -0.246. The van der Waals surface area contributed by atoms with Gasteiger partial charge in [0.1, 0.15) is 11.8 Å². The van der Waals surface area contributed by atoms with Crippen molar-refractivity contribution < 1.29 is 0 Å². The molecule has 3 heterocycles. The first-order valence-electron chi connectivity index (χ1n) is 6.65. The maximum atomic E-state index is 6.28. The molecule has 7 nitrogen and oxygen atoms in total.